The number of thiophene rings is 1. The van der Waals surface area contributed by atoms with Crippen molar-refractivity contribution in [3.05, 3.63) is 29.3 Å². The third-order valence-corrected chi connectivity index (χ3v) is 3.33. The second-order valence-electron chi connectivity index (χ2n) is 3.76. The molecule has 17 heavy (non-hydrogen) atoms. The van der Waals surface area contributed by atoms with E-state index in [2.05, 4.69) is 5.16 Å². The van der Waals surface area contributed by atoms with Gasteiger partial charge >= 0.3 is 0 Å². The first-order valence-electron chi connectivity index (χ1n) is 5.44. The third kappa shape index (κ3) is 2.74. The lowest BCUT2D eigenvalue weighted by Crippen LogP contribution is -2.25. The number of carbonyl (C=O) groups excluding carboxylic acids is 1. The van der Waals surface area contributed by atoms with Crippen molar-refractivity contribution in [3.63, 3.8) is 0 Å². The molecule has 0 atom stereocenters. The highest BCUT2D eigenvalue weighted by atomic mass is 32.1. The molecule has 1 amide bonds. The van der Waals surface area contributed by atoms with Gasteiger partial charge in [-0.3, -0.25) is 4.79 Å². The molecule has 0 radical (unpaired) electrons. The maximum Gasteiger partial charge on any atom is 0.222 e. The molecule has 0 saturated carbocycles. The SMILES string of the molecule is CCC(=O)N(C)Cc1cc(-c2cccs2)on1. The first-order chi connectivity index (χ1) is 8.20. The van der Waals surface area contributed by atoms with Gasteiger partial charge < -0.3 is 9.42 Å². The molecule has 90 valence electrons. The van der Waals surface area contributed by atoms with Gasteiger partial charge in [0.25, 0.3) is 0 Å². The van der Waals surface area contributed by atoms with E-state index in [-0.39, 0.29) is 5.91 Å². The van der Waals surface area contributed by atoms with E-state index >= 15 is 0 Å². The predicted octanol–water partition coefficient (Wildman–Crippen LogP) is 2.77. The van der Waals surface area contributed by atoms with Gasteiger partial charge in [-0.1, -0.05) is 18.1 Å². The first kappa shape index (κ1) is 11.9. The Balaban J connectivity index is 2.06. The Morgan fingerprint density at radius 1 is 1.59 bits per heavy atom. The summed E-state index contributed by atoms with van der Waals surface area (Å²) in [6, 6.07) is 5.83. The molecule has 0 unspecified atom stereocenters. The molecule has 2 aromatic rings. The van der Waals surface area contributed by atoms with Crippen LogP contribution in [0.4, 0.5) is 0 Å². The average molecular weight is 250 g/mol. The van der Waals surface area contributed by atoms with Gasteiger partial charge in [-0.25, -0.2) is 0 Å². The highest BCUT2D eigenvalue weighted by molar-refractivity contribution is 7.13. The van der Waals surface area contributed by atoms with E-state index in [9.17, 15) is 4.79 Å². The Hall–Kier alpha value is -1.62. The zero-order valence-electron chi connectivity index (χ0n) is 9.84. The van der Waals surface area contributed by atoms with E-state index in [1.807, 2.05) is 30.5 Å². The van der Waals surface area contributed by atoms with E-state index in [0.717, 1.165) is 16.3 Å². The van der Waals surface area contributed by atoms with Crippen LogP contribution in [-0.4, -0.2) is 23.0 Å². The summed E-state index contributed by atoms with van der Waals surface area (Å²) in [4.78, 5) is 14.1. The molecule has 2 heterocycles. The second kappa shape index (κ2) is 5.14. The molecule has 0 aliphatic carbocycles. The van der Waals surface area contributed by atoms with Gasteiger partial charge in [0.2, 0.25) is 5.91 Å². The highest BCUT2D eigenvalue weighted by Gasteiger charge is 2.11. The number of amides is 1. The summed E-state index contributed by atoms with van der Waals surface area (Å²) in [5.74, 6) is 0.859. The summed E-state index contributed by atoms with van der Waals surface area (Å²) in [6.45, 7) is 2.33. The second-order valence-corrected chi connectivity index (χ2v) is 4.71. The van der Waals surface area contributed by atoms with Crippen LogP contribution in [0.25, 0.3) is 10.6 Å². The van der Waals surface area contributed by atoms with Gasteiger partial charge in [0.1, 0.15) is 5.69 Å². The van der Waals surface area contributed by atoms with E-state index < -0.39 is 0 Å². The van der Waals surface area contributed by atoms with E-state index in [4.69, 9.17) is 4.52 Å². The number of carbonyl (C=O) groups is 1. The van der Waals surface area contributed by atoms with E-state index in [1.54, 1.807) is 23.3 Å². The molecule has 5 heteroatoms. The maximum atomic E-state index is 11.4. The van der Waals surface area contributed by atoms with Gasteiger partial charge in [0.05, 0.1) is 11.4 Å². The van der Waals surface area contributed by atoms with Crippen molar-refractivity contribution in [3.8, 4) is 10.6 Å². The van der Waals surface area contributed by atoms with Gasteiger partial charge in [-0.2, -0.15) is 0 Å². The van der Waals surface area contributed by atoms with Crippen molar-refractivity contribution < 1.29 is 9.32 Å². The quantitative estimate of drug-likeness (QED) is 0.838. The number of nitrogens with zero attached hydrogens (tertiary/aromatic N) is 2. The lowest BCUT2D eigenvalue weighted by atomic mass is 10.3. The van der Waals surface area contributed by atoms with Gasteiger partial charge in [-0.05, 0) is 11.4 Å². The fourth-order valence-electron chi connectivity index (χ4n) is 1.52. The molecule has 0 aliphatic heterocycles. The minimum Gasteiger partial charge on any atom is -0.355 e. The zero-order valence-corrected chi connectivity index (χ0v) is 10.7. The van der Waals surface area contributed by atoms with E-state index in [1.165, 1.54) is 0 Å². The molecular weight excluding hydrogens is 236 g/mol. The summed E-state index contributed by atoms with van der Waals surface area (Å²) < 4.78 is 5.25. The number of hydrogen-bond donors (Lipinski definition) is 0. The summed E-state index contributed by atoms with van der Waals surface area (Å²) in [5.41, 5.74) is 0.776. The van der Waals surface area contributed by atoms with Crippen LogP contribution in [-0.2, 0) is 11.3 Å². The van der Waals surface area contributed by atoms with Crippen LogP contribution in [0.5, 0.6) is 0 Å². The zero-order chi connectivity index (χ0) is 12.3. The van der Waals surface area contributed by atoms with Crippen LogP contribution in [0, 0.1) is 0 Å². The number of hydrogen-bond acceptors (Lipinski definition) is 4. The Morgan fingerprint density at radius 3 is 3.06 bits per heavy atom. The molecule has 0 spiro atoms. The van der Waals surface area contributed by atoms with E-state index in [0.29, 0.717) is 13.0 Å². The minimum atomic E-state index is 0.102. The largest absolute Gasteiger partial charge is 0.355 e. The lowest BCUT2D eigenvalue weighted by Gasteiger charge is -2.13. The van der Waals surface area contributed by atoms with Crippen LogP contribution in [0.3, 0.4) is 0 Å². The molecule has 2 rings (SSSR count). The monoisotopic (exact) mass is 250 g/mol. The van der Waals surface area contributed by atoms with Crippen molar-refractivity contribution in [1.29, 1.82) is 0 Å². The van der Waals surface area contributed by atoms with Gasteiger partial charge in [-0.15, -0.1) is 11.3 Å². The highest BCUT2D eigenvalue weighted by Crippen LogP contribution is 2.25. The normalized spacial score (nSPS) is 10.5. The summed E-state index contributed by atoms with van der Waals surface area (Å²) in [5, 5.41) is 5.96. The summed E-state index contributed by atoms with van der Waals surface area (Å²) >= 11 is 1.60. The minimum absolute atomic E-state index is 0.102. The Labute approximate surface area is 104 Å². The number of rotatable bonds is 4. The van der Waals surface area contributed by atoms with Gasteiger partial charge in [0.15, 0.2) is 5.76 Å². The molecular formula is C12H14N2O2S. The van der Waals surface area contributed by atoms with Crippen LogP contribution in [0.15, 0.2) is 28.1 Å². The van der Waals surface area contributed by atoms with Crippen molar-refractivity contribution >= 4 is 17.2 Å². The Kier molecular flexibility index (Phi) is 3.58. The fraction of sp³-hybridized carbons (Fsp3) is 0.333. The maximum absolute atomic E-state index is 11.4. The van der Waals surface area contributed by atoms with Crippen molar-refractivity contribution in [2.24, 2.45) is 0 Å². The van der Waals surface area contributed by atoms with Crippen LogP contribution in [0.1, 0.15) is 19.0 Å². The molecule has 0 saturated heterocycles. The van der Waals surface area contributed by atoms with Crippen molar-refractivity contribution in [1.82, 2.24) is 10.1 Å². The van der Waals surface area contributed by atoms with Crippen LogP contribution < -0.4 is 0 Å². The molecule has 0 aromatic carbocycles. The Morgan fingerprint density at radius 2 is 2.41 bits per heavy atom. The molecule has 0 aliphatic rings. The molecule has 0 bridgehead atoms. The van der Waals surface area contributed by atoms with Gasteiger partial charge in [0, 0.05) is 19.5 Å². The standard InChI is InChI=1S/C12H14N2O2S/c1-3-12(15)14(2)8-9-7-10(16-13-9)11-5-4-6-17-11/h4-7H,3,8H2,1-2H3. The average Bonchev–Trinajstić information content (AvgIpc) is 2.97. The topological polar surface area (TPSA) is 46.3 Å². The molecule has 4 nitrogen and oxygen atoms in total. The summed E-state index contributed by atoms with van der Waals surface area (Å²) in [7, 11) is 1.77. The van der Waals surface area contributed by atoms with Crippen molar-refractivity contribution in [2.45, 2.75) is 19.9 Å². The number of aromatic nitrogens is 1. The van der Waals surface area contributed by atoms with Crippen LogP contribution >= 0.6 is 11.3 Å². The lowest BCUT2D eigenvalue weighted by molar-refractivity contribution is -0.130. The van der Waals surface area contributed by atoms with Crippen LogP contribution in [0.2, 0.25) is 0 Å². The predicted molar refractivity (Wildman–Crippen MR) is 66.6 cm³/mol. The summed E-state index contributed by atoms with van der Waals surface area (Å²) in [6.07, 6.45) is 0.506. The third-order valence-electron chi connectivity index (χ3n) is 2.45. The first-order valence-corrected chi connectivity index (χ1v) is 6.32. The molecule has 2 aromatic heterocycles. The Bertz CT molecular complexity index is 490. The fourth-order valence-corrected chi connectivity index (χ4v) is 2.20. The molecule has 0 N–H and O–H groups in total. The smallest absolute Gasteiger partial charge is 0.222 e. The molecule has 0 fully saturated rings. The van der Waals surface area contributed by atoms with Crippen molar-refractivity contribution in [2.75, 3.05) is 7.05 Å².